The number of hydrogen-bond donors (Lipinski definition) is 4. The predicted molar refractivity (Wildman–Crippen MR) is 78.9 cm³/mol. The molecule has 3 rings (SSSR count). The first-order valence-electron chi connectivity index (χ1n) is 6.84. The fraction of sp³-hybridized carbons (Fsp3) is 0.286. The average molecular weight is 285 g/mol. The molecular weight excluding hydrogens is 266 g/mol. The number of aromatic nitrogens is 2. The molecule has 0 bridgehead atoms. The van der Waals surface area contributed by atoms with Gasteiger partial charge in [0.05, 0.1) is 5.69 Å². The van der Waals surface area contributed by atoms with Crippen molar-refractivity contribution < 1.29 is 0 Å². The van der Waals surface area contributed by atoms with E-state index in [0.29, 0.717) is 0 Å². The standard InChI is InChI=1S/C14H19N7/c1-21(10-13-8-15-6-7-16-13)9-11-2-4-12(5-3-11)14-17-19-20-18-14/h2-8,14,17-20H,9-10H2,1H3. The van der Waals surface area contributed by atoms with Crippen LogP contribution in [0.15, 0.2) is 42.9 Å². The lowest BCUT2D eigenvalue weighted by atomic mass is 10.1. The van der Waals surface area contributed by atoms with E-state index in [1.165, 1.54) is 11.1 Å². The van der Waals surface area contributed by atoms with Gasteiger partial charge in [-0.3, -0.25) is 14.9 Å². The van der Waals surface area contributed by atoms with E-state index in [1.54, 1.807) is 18.6 Å². The summed E-state index contributed by atoms with van der Waals surface area (Å²) in [5, 5.41) is 0. The summed E-state index contributed by atoms with van der Waals surface area (Å²) in [7, 11) is 2.08. The fourth-order valence-corrected chi connectivity index (χ4v) is 2.29. The molecule has 0 spiro atoms. The van der Waals surface area contributed by atoms with Gasteiger partial charge in [-0.2, -0.15) is 11.1 Å². The highest BCUT2D eigenvalue weighted by Crippen LogP contribution is 2.13. The van der Waals surface area contributed by atoms with Crippen molar-refractivity contribution in [3.05, 3.63) is 59.7 Å². The zero-order valence-electron chi connectivity index (χ0n) is 11.9. The van der Waals surface area contributed by atoms with E-state index in [-0.39, 0.29) is 6.17 Å². The molecule has 2 aromatic rings. The quantitative estimate of drug-likeness (QED) is 0.626. The highest BCUT2D eigenvalue weighted by molar-refractivity contribution is 5.24. The van der Waals surface area contributed by atoms with Crippen molar-refractivity contribution in [1.82, 2.24) is 36.8 Å². The number of nitrogens with one attached hydrogen (secondary N) is 4. The van der Waals surface area contributed by atoms with E-state index < -0.39 is 0 Å². The topological polar surface area (TPSA) is 77.1 Å². The van der Waals surface area contributed by atoms with Crippen LogP contribution in [0.25, 0.3) is 0 Å². The smallest absolute Gasteiger partial charge is 0.111 e. The second-order valence-corrected chi connectivity index (χ2v) is 5.08. The number of hydrazine groups is 3. The van der Waals surface area contributed by atoms with E-state index >= 15 is 0 Å². The third-order valence-electron chi connectivity index (χ3n) is 3.31. The molecule has 0 aliphatic carbocycles. The zero-order valence-corrected chi connectivity index (χ0v) is 11.9. The summed E-state index contributed by atoms with van der Waals surface area (Å²) in [6, 6.07) is 8.52. The summed E-state index contributed by atoms with van der Waals surface area (Å²) >= 11 is 0. The van der Waals surface area contributed by atoms with Gasteiger partial charge in [0.15, 0.2) is 0 Å². The first kappa shape index (κ1) is 14.1. The number of nitrogens with zero attached hydrogens (tertiary/aromatic N) is 3. The monoisotopic (exact) mass is 285 g/mol. The average Bonchev–Trinajstić information content (AvgIpc) is 3.03. The van der Waals surface area contributed by atoms with Crippen LogP contribution in [0.4, 0.5) is 0 Å². The minimum absolute atomic E-state index is 0.0800. The van der Waals surface area contributed by atoms with Crippen LogP contribution < -0.4 is 21.9 Å². The Balaban J connectivity index is 1.57. The Hall–Kier alpha value is -1.90. The largest absolute Gasteiger partial charge is 0.296 e. The third kappa shape index (κ3) is 3.81. The Morgan fingerprint density at radius 3 is 2.48 bits per heavy atom. The van der Waals surface area contributed by atoms with Crippen LogP contribution in [0.5, 0.6) is 0 Å². The molecule has 1 aromatic heterocycles. The molecule has 1 aliphatic rings. The van der Waals surface area contributed by atoms with E-state index in [0.717, 1.165) is 18.8 Å². The first-order valence-corrected chi connectivity index (χ1v) is 6.84. The normalized spacial score (nSPS) is 15.7. The van der Waals surface area contributed by atoms with Crippen molar-refractivity contribution in [1.29, 1.82) is 0 Å². The van der Waals surface area contributed by atoms with Gasteiger partial charge in [0.2, 0.25) is 0 Å². The van der Waals surface area contributed by atoms with Crippen LogP contribution >= 0.6 is 0 Å². The van der Waals surface area contributed by atoms with Gasteiger partial charge < -0.3 is 0 Å². The molecule has 4 N–H and O–H groups in total. The van der Waals surface area contributed by atoms with Gasteiger partial charge in [-0.05, 0) is 18.2 Å². The first-order chi connectivity index (χ1) is 10.3. The lowest BCUT2D eigenvalue weighted by molar-refractivity contribution is 0.314. The van der Waals surface area contributed by atoms with E-state index in [2.05, 4.69) is 68.1 Å². The number of hydrogen-bond acceptors (Lipinski definition) is 7. The molecule has 0 atom stereocenters. The molecule has 0 unspecified atom stereocenters. The van der Waals surface area contributed by atoms with Crippen LogP contribution in [0.3, 0.4) is 0 Å². The molecule has 7 nitrogen and oxygen atoms in total. The molecular formula is C14H19N7. The lowest BCUT2D eigenvalue weighted by Gasteiger charge is -2.16. The number of benzene rings is 1. The summed E-state index contributed by atoms with van der Waals surface area (Å²) in [6.07, 6.45) is 5.30. The Bertz CT molecular complexity index is 551. The molecule has 0 saturated carbocycles. The van der Waals surface area contributed by atoms with Gasteiger partial charge >= 0.3 is 0 Å². The molecule has 110 valence electrons. The highest BCUT2D eigenvalue weighted by atomic mass is 15.8. The van der Waals surface area contributed by atoms with Crippen molar-refractivity contribution in [2.45, 2.75) is 19.3 Å². The molecule has 21 heavy (non-hydrogen) atoms. The summed E-state index contributed by atoms with van der Waals surface area (Å²) in [4.78, 5) is 10.6. The van der Waals surface area contributed by atoms with Crippen molar-refractivity contribution in [2.75, 3.05) is 7.05 Å². The lowest BCUT2D eigenvalue weighted by Crippen LogP contribution is -2.33. The van der Waals surface area contributed by atoms with E-state index in [9.17, 15) is 0 Å². The minimum Gasteiger partial charge on any atom is -0.296 e. The Morgan fingerprint density at radius 1 is 1.05 bits per heavy atom. The number of rotatable bonds is 5. The summed E-state index contributed by atoms with van der Waals surface area (Å²) in [6.45, 7) is 1.66. The van der Waals surface area contributed by atoms with Gasteiger partial charge in [0.1, 0.15) is 6.17 Å². The van der Waals surface area contributed by atoms with Crippen LogP contribution in [-0.2, 0) is 13.1 Å². The second-order valence-electron chi connectivity index (χ2n) is 5.08. The fourth-order valence-electron chi connectivity index (χ4n) is 2.29. The van der Waals surface area contributed by atoms with Gasteiger partial charge in [0, 0.05) is 31.7 Å². The molecule has 1 aliphatic heterocycles. The molecule has 1 fully saturated rings. The molecule has 0 amide bonds. The van der Waals surface area contributed by atoms with Crippen molar-refractivity contribution in [3.8, 4) is 0 Å². The Morgan fingerprint density at radius 2 is 1.81 bits per heavy atom. The second kappa shape index (κ2) is 6.70. The molecule has 2 heterocycles. The summed E-state index contributed by atoms with van der Waals surface area (Å²) in [5.41, 5.74) is 15.2. The van der Waals surface area contributed by atoms with Crippen molar-refractivity contribution in [3.63, 3.8) is 0 Å². The maximum atomic E-state index is 4.29. The van der Waals surface area contributed by atoms with Crippen molar-refractivity contribution >= 4 is 0 Å². The van der Waals surface area contributed by atoms with E-state index in [4.69, 9.17) is 0 Å². The van der Waals surface area contributed by atoms with Crippen LogP contribution in [0, 0.1) is 0 Å². The van der Waals surface area contributed by atoms with Gasteiger partial charge in [-0.1, -0.05) is 24.3 Å². The van der Waals surface area contributed by atoms with E-state index in [1.807, 2.05) is 0 Å². The highest BCUT2D eigenvalue weighted by Gasteiger charge is 2.14. The van der Waals surface area contributed by atoms with Crippen molar-refractivity contribution in [2.24, 2.45) is 0 Å². The Labute approximate surface area is 123 Å². The van der Waals surface area contributed by atoms with Gasteiger partial charge in [-0.25, -0.2) is 10.9 Å². The van der Waals surface area contributed by atoms with Gasteiger partial charge in [0.25, 0.3) is 0 Å². The SMILES string of the molecule is CN(Cc1ccc(C2NNNN2)cc1)Cc1cnccn1. The maximum Gasteiger partial charge on any atom is 0.111 e. The zero-order chi connectivity index (χ0) is 14.5. The molecule has 0 radical (unpaired) electrons. The van der Waals surface area contributed by atoms with Crippen LogP contribution in [0.2, 0.25) is 0 Å². The summed E-state index contributed by atoms with van der Waals surface area (Å²) in [5.74, 6) is 0. The molecule has 1 saturated heterocycles. The maximum absolute atomic E-state index is 4.29. The summed E-state index contributed by atoms with van der Waals surface area (Å²) < 4.78 is 0. The minimum atomic E-state index is 0.0800. The van der Waals surface area contributed by atoms with Crippen LogP contribution in [0.1, 0.15) is 23.0 Å². The third-order valence-corrected chi connectivity index (χ3v) is 3.31. The Kier molecular flexibility index (Phi) is 4.49. The van der Waals surface area contributed by atoms with Gasteiger partial charge in [-0.15, -0.1) is 0 Å². The predicted octanol–water partition coefficient (Wildman–Crippen LogP) is 0.224. The molecule has 1 aromatic carbocycles. The van der Waals surface area contributed by atoms with Crippen LogP contribution in [-0.4, -0.2) is 21.9 Å². The molecule has 7 heteroatoms.